The minimum Gasteiger partial charge on any atom is -0.380 e. The van der Waals surface area contributed by atoms with Crippen LogP contribution in [0.15, 0.2) is 60.8 Å². The number of nitrogens with zero attached hydrogens (tertiary/aromatic N) is 1. The summed E-state index contributed by atoms with van der Waals surface area (Å²) in [7, 11) is 0. The summed E-state index contributed by atoms with van der Waals surface area (Å²) >= 11 is 0. The van der Waals surface area contributed by atoms with Gasteiger partial charge in [-0.3, -0.25) is 4.98 Å². The van der Waals surface area contributed by atoms with Crippen LogP contribution in [0.1, 0.15) is 11.1 Å². The van der Waals surface area contributed by atoms with Crippen molar-refractivity contribution in [1.29, 1.82) is 0 Å². The van der Waals surface area contributed by atoms with Gasteiger partial charge in [-0.2, -0.15) is 0 Å². The quantitative estimate of drug-likeness (QED) is 0.753. The molecule has 0 fully saturated rings. The summed E-state index contributed by atoms with van der Waals surface area (Å²) in [5, 5.41) is 4.65. The molecule has 2 heteroatoms. The van der Waals surface area contributed by atoms with Crippen molar-refractivity contribution in [3.05, 3.63) is 71.9 Å². The Kier molecular flexibility index (Phi) is 3.15. The zero-order valence-corrected chi connectivity index (χ0v) is 10.9. The predicted octanol–water partition coefficient (Wildman–Crippen LogP) is 4.16. The van der Waals surface area contributed by atoms with E-state index >= 15 is 0 Å². The third kappa shape index (κ3) is 2.58. The molecule has 94 valence electrons. The van der Waals surface area contributed by atoms with Crippen molar-refractivity contribution in [1.82, 2.24) is 4.98 Å². The molecule has 1 aromatic heterocycles. The number of hydrogen-bond donors (Lipinski definition) is 1. The van der Waals surface area contributed by atoms with Gasteiger partial charge in [-0.05, 0) is 24.6 Å². The number of nitrogens with one attached hydrogen (secondary N) is 1. The van der Waals surface area contributed by atoms with Crippen LogP contribution in [0.3, 0.4) is 0 Å². The van der Waals surface area contributed by atoms with E-state index in [4.69, 9.17) is 0 Å². The van der Waals surface area contributed by atoms with Crippen molar-refractivity contribution in [3.63, 3.8) is 0 Å². The van der Waals surface area contributed by atoms with E-state index in [1.54, 1.807) is 0 Å². The van der Waals surface area contributed by atoms with Crippen molar-refractivity contribution in [2.45, 2.75) is 13.5 Å². The number of hydrogen-bond acceptors (Lipinski definition) is 2. The van der Waals surface area contributed by atoms with Gasteiger partial charge in [-0.25, -0.2) is 0 Å². The number of benzene rings is 2. The summed E-state index contributed by atoms with van der Waals surface area (Å²) in [6.07, 6.45) is 1.85. The normalized spacial score (nSPS) is 10.6. The Morgan fingerprint density at radius 2 is 1.74 bits per heavy atom. The molecule has 1 heterocycles. The molecule has 0 aliphatic carbocycles. The zero-order chi connectivity index (χ0) is 13.1. The Labute approximate surface area is 113 Å². The van der Waals surface area contributed by atoms with Crippen LogP contribution in [0.5, 0.6) is 0 Å². The van der Waals surface area contributed by atoms with E-state index in [2.05, 4.69) is 47.6 Å². The fraction of sp³-hybridized carbons (Fsp3) is 0.118. The van der Waals surface area contributed by atoms with Crippen LogP contribution in [0.2, 0.25) is 0 Å². The summed E-state index contributed by atoms with van der Waals surface area (Å²) in [5.74, 6) is 0. The highest BCUT2D eigenvalue weighted by atomic mass is 14.9. The number of aromatic nitrogens is 1. The lowest BCUT2D eigenvalue weighted by atomic mass is 10.1. The lowest BCUT2D eigenvalue weighted by Gasteiger charge is -2.09. The second kappa shape index (κ2) is 5.11. The van der Waals surface area contributed by atoms with Crippen LogP contribution < -0.4 is 5.32 Å². The van der Waals surface area contributed by atoms with E-state index in [0.29, 0.717) is 0 Å². The first kappa shape index (κ1) is 11.7. The van der Waals surface area contributed by atoms with E-state index in [0.717, 1.165) is 23.1 Å². The maximum Gasteiger partial charge on any atom is 0.0722 e. The number of pyridine rings is 1. The first-order valence-electron chi connectivity index (χ1n) is 6.46. The van der Waals surface area contributed by atoms with E-state index < -0.39 is 0 Å². The van der Waals surface area contributed by atoms with Gasteiger partial charge in [-0.15, -0.1) is 0 Å². The summed E-state index contributed by atoms with van der Waals surface area (Å²) in [4.78, 5) is 4.37. The highest BCUT2D eigenvalue weighted by Crippen LogP contribution is 2.21. The molecule has 3 aromatic rings. The molecule has 3 rings (SSSR count). The molecule has 0 saturated carbocycles. The smallest absolute Gasteiger partial charge is 0.0722 e. The van der Waals surface area contributed by atoms with E-state index in [9.17, 15) is 0 Å². The topological polar surface area (TPSA) is 24.9 Å². The lowest BCUT2D eigenvalue weighted by Crippen LogP contribution is -2.00. The Morgan fingerprint density at radius 3 is 2.58 bits per heavy atom. The molecule has 19 heavy (non-hydrogen) atoms. The highest BCUT2D eigenvalue weighted by molar-refractivity contribution is 5.90. The van der Waals surface area contributed by atoms with E-state index in [-0.39, 0.29) is 0 Å². The summed E-state index contributed by atoms with van der Waals surface area (Å²) in [5.41, 5.74) is 4.73. The highest BCUT2D eigenvalue weighted by Gasteiger charge is 2.00. The number of para-hydroxylation sites is 1. The molecular weight excluding hydrogens is 232 g/mol. The third-order valence-corrected chi connectivity index (χ3v) is 3.25. The molecule has 0 bridgehead atoms. The van der Waals surface area contributed by atoms with Crippen molar-refractivity contribution < 1.29 is 0 Å². The molecule has 0 aliphatic rings. The van der Waals surface area contributed by atoms with Crippen molar-refractivity contribution in [2.24, 2.45) is 0 Å². The van der Waals surface area contributed by atoms with Crippen LogP contribution >= 0.6 is 0 Å². The number of aryl methyl sites for hydroxylation is 1. The van der Waals surface area contributed by atoms with Crippen molar-refractivity contribution >= 4 is 16.6 Å². The van der Waals surface area contributed by atoms with Gasteiger partial charge in [0, 0.05) is 23.8 Å². The first-order valence-corrected chi connectivity index (χ1v) is 6.46. The molecule has 2 nitrogen and oxygen atoms in total. The molecule has 2 aromatic carbocycles. The Bertz CT molecular complexity index is 682. The molecule has 1 N–H and O–H groups in total. The second-order valence-corrected chi connectivity index (χ2v) is 4.71. The molecule has 0 radical (unpaired) electrons. The monoisotopic (exact) mass is 248 g/mol. The fourth-order valence-corrected chi connectivity index (χ4v) is 2.15. The fourth-order valence-electron chi connectivity index (χ4n) is 2.15. The summed E-state index contributed by atoms with van der Waals surface area (Å²) in [6, 6.07) is 18.8. The third-order valence-electron chi connectivity index (χ3n) is 3.25. The van der Waals surface area contributed by atoms with Gasteiger partial charge < -0.3 is 5.32 Å². The largest absolute Gasteiger partial charge is 0.380 e. The van der Waals surface area contributed by atoms with Gasteiger partial charge in [0.1, 0.15) is 0 Å². The molecular formula is C17H16N2. The molecule has 0 spiro atoms. The second-order valence-electron chi connectivity index (χ2n) is 4.71. The Morgan fingerprint density at radius 1 is 0.947 bits per heavy atom. The average Bonchev–Trinajstić information content (AvgIpc) is 2.47. The predicted molar refractivity (Wildman–Crippen MR) is 80.2 cm³/mol. The van der Waals surface area contributed by atoms with Gasteiger partial charge in [0.25, 0.3) is 0 Å². The van der Waals surface area contributed by atoms with Gasteiger partial charge >= 0.3 is 0 Å². The molecule has 0 saturated heterocycles. The van der Waals surface area contributed by atoms with Crippen LogP contribution in [-0.2, 0) is 6.54 Å². The first-order chi connectivity index (χ1) is 9.33. The Balaban J connectivity index is 1.84. The zero-order valence-electron chi connectivity index (χ0n) is 10.9. The van der Waals surface area contributed by atoms with Crippen molar-refractivity contribution in [3.8, 4) is 0 Å². The number of rotatable bonds is 3. The standard InChI is InChI=1S/C17H16N2/c1-13-6-8-14(9-7-13)12-19-17-10-11-18-16-5-3-2-4-15(16)17/h2-11H,12H2,1H3,(H,18,19). The van der Waals surface area contributed by atoms with Gasteiger partial charge in [0.15, 0.2) is 0 Å². The average molecular weight is 248 g/mol. The van der Waals surface area contributed by atoms with Crippen LogP contribution in [0, 0.1) is 6.92 Å². The minimum absolute atomic E-state index is 0.828. The number of fused-ring (bicyclic) bond motifs is 1. The van der Waals surface area contributed by atoms with Crippen LogP contribution in [0.25, 0.3) is 10.9 Å². The van der Waals surface area contributed by atoms with Gasteiger partial charge in [0.2, 0.25) is 0 Å². The Hall–Kier alpha value is -2.35. The SMILES string of the molecule is Cc1ccc(CNc2ccnc3ccccc23)cc1. The molecule has 0 atom stereocenters. The van der Waals surface area contributed by atoms with E-state index in [1.165, 1.54) is 11.1 Å². The molecule has 0 amide bonds. The summed E-state index contributed by atoms with van der Waals surface area (Å²) in [6.45, 7) is 2.93. The summed E-state index contributed by atoms with van der Waals surface area (Å²) < 4.78 is 0. The molecule has 0 unspecified atom stereocenters. The molecule has 0 aliphatic heterocycles. The van der Waals surface area contributed by atoms with E-state index in [1.807, 2.05) is 30.5 Å². The van der Waals surface area contributed by atoms with Gasteiger partial charge in [0.05, 0.1) is 5.52 Å². The minimum atomic E-state index is 0.828. The van der Waals surface area contributed by atoms with Crippen LogP contribution in [-0.4, -0.2) is 4.98 Å². The maximum absolute atomic E-state index is 4.37. The van der Waals surface area contributed by atoms with Crippen LogP contribution in [0.4, 0.5) is 5.69 Å². The number of anilines is 1. The maximum atomic E-state index is 4.37. The van der Waals surface area contributed by atoms with Crippen molar-refractivity contribution in [2.75, 3.05) is 5.32 Å². The lowest BCUT2D eigenvalue weighted by molar-refractivity contribution is 1.15. The van der Waals surface area contributed by atoms with Gasteiger partial charge in [-0.1, -0.05) is 48.0 Å².